The highest BCUT2D eigenvalue weighted by atomic mass is 19.4. The molecule has 0 aliphatic heterocycles. The number of hydrogen-bond donors (Lipinski definition) is 0. The molecule has 1 nitrogen and oxygen atoms in total. The normalized spacial score (nSPS) is 23.5. The minimum absolute atomic E-state index is 0.0620. The first-order chi connectivity index (χ1) is 7.95. The summed E-state index contributed by atoms with van der Waals surface area (Å²) in [6.45, 7) is 1.74. The van der Waals surface area contributed by atoms with E-state index in [0.29, 0.717) is 12.8 Å². The van der Waals surface area contributed by atoms with Crippen LogP contribution in [0, 0.1) is 5.92 Å². The molecule has 2 unspecified atom stereocenters. The van der Waals surface area contributed by atoms with E-state index in [-0.39, 0.29) is 23.2 Å². The van der Waals surface area contributed by atoms with Crippen molar-refractivity contribution in [1.82, 2.24) is 0 Å². The molecule has 0 spiro atoms. The first-order valence-corrected chi connectivity index (χ1v) is 5.64. The van der Waals surface area contributed by atoms with Crippen molar-refractivity contribution < 1.29 is 18.0 Å². The average molecular weight is 242 g/mol. The zero-order chi connectivity index (χ0) is 12.6. The summed E-state index contributed by atoms with van der Waals surface area (Å²) in [5.74, 6) is -0.379. The van der Waals surface area contributed by atoms with E-state index in [4.69, 9.17) is 0 Å². The Morgan fingerprint density at radius 1 is 1.35 bits per heavy atom. The second kappa shape index (κ2) is 4.17. The van der Waals surface area contributed by atoms with E-state index in [2.05, 4.69) is 0 Å². The van der Waals surface area contributed by atoms with Gasteiger partial charge in [0.25, 0.3) is 0 Å². The van der Waals surface area contributed by atoms with Crippen molar-refractivity contribution in [3.8, 4) is 0 Å². The molecule has 0 heterocycles. The molecule has 0 aromatic heterocycles. The van der Waals surface area contributed by atoms with Crippen LogP contribution >= 0.6 is 0 Å². The first kappa shape index (κ1) is 12.1. The average Bonchev–Trinajstić information content (AvgIpc) is 3.07. The van der Waals surface area contributed by atoms with Crippen LogP contribution in [0.2, 0.25) is 0 Å². The van der Waals surface area contributed by atoms with Crippen LogP contribution in [0.25, 0.3) is 0 Å². The molecular weight excluding hydrogens is 229 g/mol. The van der Waals surface area contributed by atoms with Crippen molar-refractivity contribution in [1.29, 1.82) is 0 Å². The maximum absolute atomic E-state index is 12.8. The molecule has 4 heteroatoms. The Morgan fingerprint density at radius 3 is 2.59 bits per heavy atom. The van der Waals surface area contributed by atoms with Gasteiger partial charge in [0, 0.05) is 12.3 Å². The van der Waals surface area contributed by atoms with E-state index in [0.717, 1.165) is 6.07 Å². The number of carbonyl (C=O) groups excluding carboxylic acids is 1. The molecule has 0 amide bonds. The fourth-order valence-corrected chi connectivity index (χ4v) is 2.24. The van der Waals surface area contributed by atoms with Gasteiger partial charge >= 0.3 is 6.18 Å². The number of alkyl halides is 3. The SMILES string of the molecule is CCC(=O)C1CC1c1ccccc1C(F)(F)F. The Bertz CT molecular complexity index is 437. The van der Waals surface area contributed by atoms with Gasteiger partial charge in [0.1, 0.15) is 5.78 Å². The van der Waals surface area contributed by atoms with Gasteiger partial charge in [-0.25, -0.2) is 0 Å². The second-order valence-electron chi connectivity index (χ2n) is 4.35. The van der Waals surface area contributed by atoms with Gasteiger partial charge in [0.15, 0.2) is 0 Å². The summed E-state index contributed by atoms with van der Waals surface area (Å²) in [7, 11) is 0. The molecule has 2 rings (SSSR count). The van der Waals surface area contributed by atoms with Crippen LogP contribution < -0.4 is 0 Å². The van der Waals surface area contributed by atoms with Gasteiger partial charge in [-0.05, 0) is 24.0 Å². The summed E-state index contributed by atoms with van der Waals surface area (Å²) >= 11 is 0. The number of hydrogen-bond acceptors (Lipinski definition) is 1. The Hall–Kier alpha value is -1.32. The maximum Gasteiger partial charge on any atom is 0.416 e. The van der Waals surface area contributed by atoms with Gasteiger partial charge in [0.2, 0.25) is 0 Å². The van der Waals surface area contributed by atoms with E-state index in [1.165, 1.54) is 12.1 Å². The highest BCUT2D eigenvalue weighted by Gasteiger charge is 2.46. The van der Waals surface area contributed by atoms with Crippen LogP contribution in [0.3, 0.4) is 0 Å². The third kappa shape index (κ3) is 2.35. The topological polar surface area (TPSA) is 17.1 Å². The Kier molecular flexibility index (Phi) is 2.98. The minimum atomic E-state index is -4.33. The Morgan fingerprint density at radius 2 is 2.00 bits per heavy atom. The highest BCUT2D eigenvalue weighted by molar-refractivity contribution is 5.84. The minimum Gasteiger partial charge on any atom is -0.299 e. The Balaban J connectivity index is 2.27. The summed E-state index contributed by atoms with van der Waals surface area (Å²) in [4.78, 5) is 11.4. The zero-order valence-electron chi connectivity index (χ0n) is 9.42. The number of halogens is 3. The molecule has 1 fully saturated rings. The van der Waals surface area contributed by atoms with Crippen molar-refractivity contribution in [3.05, 3.63) is 35.4 Å². The van der Waals surface area contributed by atoms with Crippen LogP contribution in [-0.4, -0.2) is 5.78 Å². The quantitative estimate of drug-likeness (QED) is 0.788. The van der Waals surface area contributed by atoms with E-state index >= 15 is 0 Å². The molecule has 1 saturated carbocycles. The third-order valence-electron chi connectivity index (χ3n) is 3.22. The zero-order valence-corrected chi connectivity index (χ0v) is 9.42. The lowest BCUT2D eigenvalue weighted by atomic mass is 10.0. The van der Waals surface area contributed by atoms with Crippen LogP contribution in [0.1, 0.15) is 36.8 Å². The van der Waals surface area contributed by atoms with Gasteiger partial charge in [-0.2, -0.15) is 13.2 Å². The molecule has 0 radical (unpaired) electrons. The molecule has 1 aromatic carbocycles. The summed E-state index contributed by atoms with van der Waals surface area (Å²) in [6, 6.07) is 5.54. The summed E-state index contributed by atoms with van der Waals surface area (Å²) in [5, 5.41) is 0. The summed E-state index contributed by atoms with van der Waals surface area (Å²) < 4.78 is 38.3. The second-order valence-corrected chi connectivity index (χ2v) is 4.35. The van der Waals surface area contributed by atoms with Crippen molar-refractivity contribution in [3.63, 3.8) is 0 Å². The molecule has 0 N–H and O–H groups in total. The van der Waals surface area contributed by atoms with Crippen LogP contribution in [0.5, 0.6) is 0 Å². The highest BCUT2D eigenvalue weighted by Crippen LogP contribution is 2.51. The van der Waals surface area contributed by atoms with E-state index < -0.39 is 11.7 Å². The van der Waals surface area contributed by atoms with Gasteiger partial charge < -0.3 is 0 Å². The van der Waals surface area contributed by atoms with Gasteiger partial charge in [-0.15, -0.1) is 0 Å². The van der Waals surface area contributed by atoms with E-state index in [1.807, 2.05) is 0 Å². The lowest BCUT2D eigenvalue weighted by Gasteiger charge is -2.12. The summed E-state index contributed by atoms with van der Waals surface area (Å²) in [5.41, 5.74) is -0.330. The first-order valence-electron chi connectivity index (χ1n) is 5.64. The number of Topliss-reactive ketones (excluding diaryl/α,β-unsaturated/α-hetero) is 1. The molecular formula is C13H13F3O. The van der Waals surface area contributed by atoms with Crippen LogP contribution in [0.15, 0.2) is 24.3 Å². The number of ketones is 1. The third-order valence-corrected chi connectivity index (χ3v) is 3.22. The van der Waals surface area contributed by atoms with Crippen LogP contribution in [0.4, 0.5) is 13.2 Å². The fourth-order valence-electron chi connectivity index (χ4n) is 2.24. The van der Waals surface area contributed by atoms with Crippen molar-refractivity contribution in [2.24, 2.45) is 5.92 Å². The summed E-state index contributed by atoms with van der Waals surface area (Å²) in [6.07, 6.45) is -3.38. The lowest BCUT2D eigenvalue weighted by molar-refractivity contribution is -0.138. The van der Waals surface area contributed by atoms with E-state index in [1.54, 1.807) is 13.0 Å². The molecule has 1 aliphatic rings. The maximum atomic E-state index is 12.8. The standard InChI is InChI=1S/C13H13F3O/c1-2-12(17)10-7-9(10)8-5-3-4-6-11(8)13(14,15)16/h3-6,9-10H,2,7H2,1H3. The van der Waals surface area contributed by atoms with Crippen molar-refractivity contribution in [2.75, 3.05) is 0 Å². The smallest absolute Gasteiger partial charge is 0.299 e. The number of rotatable bonds is 3. The largest absolute Gasteiger partial charge is 0.416 e. The molecule has 1 aliphatic carbocycles. The van der Waals surface area contributed by atoms with Crippen LogP contribution in [-0.2, 0) is 11.0 Å². The van der Waals surface area contributed by atoms with E-state index in [9.17, 15) is 18.0 Å². The number of benzene rings is 1. The van der Waals surface area contributed by atoms with Crippen molar-refractivity contribution in [2.45, 2.75) is 31.9 Å². The van der Waals surface area contributed by atoms with Gasteiger partial charge in [-0.1, -0.05) is 25.1 Å². The lowest BCUT2D eigenvalue weighted by Crippen LogP contribution is -2.09. The fraction of sp³-hybridized carbons (Fsp3) is 0.462. The monoisotopic (exact) mass is 242 g/mol. The molecule has 92 valence electrons. The molecule has 0 bridgehead atoms. The molecule has 0 saturated heterocycles. The predicted octanol–water partition coefficient (Wildman–Crippen LogP) is 3.79. The van der Waals surface area contributed by atoms with Crippen molar-refractivity contribution >= 4 is 5.78 Å². The molecule has 1 aromatic rings. The Labute approximate surface area is 97.6 Å². The van der Waals surface area contributed by atoms with Gasteiger partial charge in [-0.3, -0.25) is 4.79 Å². The predicted molar refractivity (Wildman–Crippen MR) is 57.6 cm³/mol. The molecule has 2 atom stereocenters. The molecule has 17 heavy (non-hydrogen) atoms. The van der Waals surface area contributed by atoms with Gasteiger partial charge in [0.05, 0.1) is 5.56 Å². The number of carbonyl (C=O) groups is 1.